The van der Waals surface area contributed by atoms with Crippen molar-refractivity contribution in [3.8, 4) is 46.0 Å². The fraction of sp³-hybridized carbons (Fsp3) is 0.655. The third-order valence-electron chi connectivity index (χ3n) is 24.6. The molecule has 728 valence electrons. The molecular weight excluding hydrogens is 1630 g/mol. The molecule has 0 saturated carbocycles. The van der Waals surface area contributed by atoms with E-state index in [1.165, 1.54) is 308 Å². The van der Waals surface area contributed by atoms with E-state index in [-0.39, 0.29) is 17.8 Å². The zero-order valence-electron chi connectivity index (χ0n) is 83.1. The normalized spacial score (nSPS) is 11.5. The number of nitrogens with zero attached hydrogens (tertiary/aromatic N) is 7. The molecule has 1 aromatic heterocycles. The van der Waals surface area contributed by atoms with Gasteiger partial charge in [0.15, 0.2) is 23.0 Å². The van der Waals surface area contributed by atoms with Gasteiger partial charge in [0.1, 0.15) is 24.7 Å². The number of aromatic nitrogens is 3. The van der Waals surface area contributed by atoms with Crippen molar-refractivity contribution >= 4 is 52.0 Å². The summed E-state index contributed by atoms with van der Waals surface area (Å²) in [5, 5.41) is 24.8. The van der Waals surface area contributed by atoms with Gasteiger partial charge in [-0.3, -0.25) is 0 Å². The molecule has 0 spiro atoms. The fourth-order valence-corrected chi connectivity index (χ4v) is 16.5. The number of nitrogens with two attached hydrogens (primary N) is 1. The molecule has 0 aliphatic carbocycles. The van der Waals surface area contributed by atoms with Crippen molar-refractivity contribution in [2.45, 2.75) is 440 Å². The Morgan fingerprint density at radius 3 is 0.626 bits per heavy atom. The van der Waals surface area contributed by atoms with Crippen LogP contribution in [0.2, 0.25) is 0 Å². The van der Waals surface area contributed by atoms with Gasteiger partial charge in [0.25, 0.3) is 0 Å². The summed E-state index contributed by atoms with van der Waals surface area (Å²) in [6, 6.07) is 38.9. The number of nitrogen functional groups attached to an aromatic ring is 1. The number of rotatable bonds is 86. The Balaban J connectivity index is 0.914. The Hall–Kier alpha value is -8.67. The third-order valence-corrected chi connectivity index (χ3v) is 24.6. The molecule has 7 rings (SSSR count). The highest BCUT2D eigenvalue weighted by molar-refractivity contribution is 5.62. The van der Waals surface area contributed by atoms with E-state index in [1.807, 2.05) is 97.1 Å². The Morgan fingerprint density at radius 1 is 0.221 bits per heavy atom. The number of benzene rings is 6. The minimum Gasteiger partial charge on any atom is -0.490 e. The van der Waals surface area contributed by atoms with Gasteiger partial charge in [-0.2, -0.15) is 35.4 Å². The number of hydrogen-bond acceptors (Lipinski definition) is 18. The molecule has 18 heteroatoms. The lowest BCUT2D eigenvalue weighted by molar-refractivity contribution is 0.232. The Labute approximate surface area is 795 Å². The molecule has 0 unspecified atom stereocenters. The molecule has 0 aliphatic heterocycles. The van der Waals surface area contributed by atoms with Gasteiger partial charge in [-0.1, -0.05) is 388 Å². The first-order chi connectivity index (χ1) is 64.7. The van der Waals surface area contributed by atoms with Gasteiger partial charge in [0.05, 0.1) is 62.4 Å². The third kappa shape index (κ3) is 52.5. The van der Waals surface area contributed by atoms with Gasteiger partial charge < -0.3 is 54.3 Å². The number of anilines is 5. The monoisotopic (exact) mass is 1800 g/mol. The van der Waals surface area contributed by atoms with Crippen molar-refractivity contribution in [3.05, 3.63) is 132 Å². The van der Waals surface area contributed by atoms with Crippen molar-refractivity contribution in [1.29, 1.82) is 0 Å². The smallest absolute Gasteiger partial charge is 0.233 e. The highest BCUT2D eigenvalue weighted by Gasteiger charge is 2.20. The van der Waals surface area contributed by atoms with E-state index < -0.39 is 0 Å². The van der Waals surface area contributed by atoms with Crippen molar-refractivity contribution < 1.29 is 37.9 Å². The molecule has 131 heavy (non-hydrogen) atoms. The van der Waals surface area contributed by atoms with E-state index in [1.54, 1.807) is 0 Å². The summed E-state index contributed by atoms with van der Waals surface area (Å²) in [6.45, 7) is 18.2. The first-order valence-electron chi connectivity index (χ1n) is 53.4. The molecule has 1 heterocycles. The molecule has 0 fully saturated rings. The van der Waals surface area contributed by atoms with Crippen LogP contribution >= 0.6 is 0 Å². The largest absolute Gasteiger partial charge is 0.490 e. The van der Waals surface area contributed by atoms with Crippen LogP contribution in [0.1, 0.15) is 438 Å². The number of nitrogens with one attached hydrogen (secondary N) is 2. The lowest BCUT2D eigenvalue weighted by atomic mass is 10.1. The van der Waals surface area contributed by atoms with Crippen LogP contribution in [-0.4, -0.2) is 54.6 Å². The lowest BCUT2D eigenvalue weighted by Crippen LogP contribution is -2.08. The molecule has 7 aromatic rings. The van der Waals surface area contributed by atoms with Crippen LogP contribution in [0, 0.1) is 0 Å². The van der Waals surface area contributed by atoms with Gasteiger partial charge in [-0.25, -0.2) is 0 Å². The highest BCUT2D eigenvalue weighted by Crippen LogP contribution is 2.43. The van der Waals surface area contributed by atoms with Gasteiger partial charge >= 0.3 is 0 Å². The predicted octanol–water partition coefficient (Wildman–Crippen LogP) is 36.7. The second-order valence-electron chi connectivity index (χ2n) is 36.7. The van der Waals surface area contributed by atoms with Crippen LogP contribution < -0.4 is 54.3 Å². The molecule has 4 N–H and O–H groups in total. The van der Waals surface area contributed by atoms with E-state index in [0.717, 1.165) is 146 Å². The SMILES string of the molecule is CCCCCCCCCCCCOc1cc(COc2ccc(N=Nc3ccc(Nc4nc(N)nc(Nc5ccc(N=Nc6ccc(OCc7cc(OCCCCCCCCCCCC)c(OCCCCCCCCCCCC)c(OCCCCCCCCCCCC)c7)cc6)cc5)n4)cc3)cc2)cc(OCCCCCCCCCCCC)c1OCCCCCCCCCCCC. The summed E-state index contributed by atoms with van der Waals surface area (Å²) in [5.41, 5.74) is 12.4. The minimum absolute atomic E-state index is 0.0571. The predicted molar refractivity (Wildman–Crippen MR) is 551 cm³/mol. The summed E-state index contributed by atoms with van der Waals surface area (Å²) < 4.78 is 53.2. The van der Waals surface area contributed by atoms with Crippen molar-refractivity contribution in [2.75, 3.05) is 56.0 Å². The molecule has 0 saturated heterocycles. The van der Waals surface area contributed by atoms with Gasteiger partial charge in [-0.05, 0) is 171 Å². The molecule has 0 bridgehead atoms. The fourth-order valence-electron chi connectivity index (χ4n) is 16.5. The van der Waals surface area contributed by atoms with E-state index in [9.17, 15) is 0 Å². The molecule has 0 radical (unpaired) electrons. The zero-order chi connectivity index (χ0) is 92.2. The highest BCUT2D eigenvalue weighted by atomic mass is 16.6. The maximum atomic E-state index is 6.71. The number of azo groups is 2. The van der Waals surface area contributed by atoms with Gasteiger partial charge in [-0.15, -0.1) is 0 Å². The number of hydrogen-bond donors (Lipinski definition) is 3. The van der Waals surface area contributed by atoms with Crippen molar-refractivity contribution in [3.63, 3.8) is 0 Å². The lowest BCUT2D eigenvalue weighted by Gasteiger charge is -2.19. The van der Waals surface area contributed by atoms with E-state index in [0.29, 0.717) is 75.6 Å². The zero-order valence-corrected chi connectivity index (χ0v) is 83.1. The summed E-state index contributed by atoms with van der Waals surface area (Å²) in [6.07, 6.45) is 76.4. The molecule has 6 aromatic carbocycles. The molecular formula is C113H178N10O8. The van der Waals surface area contributed by atoms with Crippen molar-refractivity contribution in [1.82, 2.24) is 15.0 Å². The van der Waals surface area contributed by atoms with Crippen LogP contribution in [-0.2, 0) is 13.2 Å². The quantitative estimate of drug-likeness (QED) is 0.0239. The van der Waals surface area contributed by atoms with E-state index >= 15 is 0 Å². The van der Waals surface area contributed by atoms with E-state index in [2.05, 4.69) is 112 Å². The van der Waals surface area contributed by atoms with Gasteiger partial charge in [0.2, 0.25) is 29.3 Å². The van der Waals surface area contributed by atoms with Crippen molar-refractivity contribution in [2.24, 2.45) is 20.5 Å². The maximum Gasteiger partial charge on any atom is 0.233 e. The molecule has 0 amide bonds. The summed E-state index contributed by atoms with van der Waals surface area (Å²) in [4.78, 5) is 13.4. The summed E-state index contributed by atoms with van der Waals surface area (Å²) in [7, 11) is 0. The summed E-state index contributed by atoms with van der Waals surface area (Å²) >= 11 is 0. The Bertz CT molecular complexity index is 3630. The van der Waals surface area contributed by atoms with Crippen LogP contribution in [0.3, 0.4) is 0 Å². The first kappa shape index (κ1) is 109. The van der Waals surface area contributed by atoms with E-state index in [4.69, 9.17) is 43.6 Å². The second kappa shape index (κ2) is 74.7. The standard InChI is InChI=1S/C113H178N10O8/c1-7-13-19-25-31-37-43-49-55-61-83-124-105-89-95(90-106(125-84-62-56-50-44-38-32-26-20-14-8-2)109(105)128-87-65-59-53-47-41-35-29-23-17-11-5)93-130-103-79-75-101(76-80-103)122-120-99-71-67-97(68-72-99)115-112-117-111(114)118-113(119-112)116-98-69-73-100(74-70-98)121-123-102-77-81-104(82-78-102)131-94-96-91-107(126-85-63-57-51-45-39-33-27-21-15-9-3)110(129-88-66-60-54-48-42-36-30-24-18-12-6)108(92-96)127-86-64-58-52-46-40-34-28-22-16-10-4/h67-82,89-92H,7-66,83-88,93-94H2,1-6H3,(H4,114,115,116,117,118,119). The Kier molecular flexibility index (Phi) is 62.4. The van der Waals surface area contributed by atoms with Crippen LogP contribution in [0.15, 0.2) is 142 Å². The first-order valence-corrected chi connectivity index (χ1v) is 53.4. The maximum absolute atomic E-state index is 6.71. The summed E-state index contributed by atoms with van der Waals surface area (Å²) in [5.74, 6) is 6.47. The molecule has 18 nitrogen and oxygen atoms in total. The average Bonchev–Trinajstić information content (AvgIpc) is 0.822. The Morgan fingerprint density at radius 2 is 0.412 bits per heavy atom. The van der Waals surface area contributed by atoms with Crippen LogP contribution in [0.5, 0.6) is 46.0 Å². The van der Waals surface area contributed by atoms with Crippen LogP contribution in [0.4, 0.5) is 52.0 Å². The number of unbranched alkanes of at least 4 members (excludes halogenated alkanes) is 54. The minimum atomic E-state index is 0.0571. The number of ether oxygens (including phenoxy) is 8. The molecule has 0 aliphatic rings. The molecule has 0 atom stereocenters. The van der Waals surface area contributed by atoms with Crippen LogP contribution in [0.25, 0.3) is 0 Å². The average molecular weight is 1800 g/mol. The topological polar surface area (TPSA) is 212 Å². The second-order valence-corrected chi connectivity index (χ2v) is 36.7. The van der Waals surface area contributed by atoms with Gasteiger partial charge in [0, 0.05) is 11.4 Å².